The van der Waals surface area contributed by atoms with E-state index in [0.29, 0.717) is 5.56 Å². The van der Waals surface area contributed by atoms with Gasteiger partial charge < -0.3 is 15.5 Å². The van der Waals surface area contributed by atoms with Gasteiger partial charge in [0.15, 0.2) is 5.17 Å². The van der Waals surface area contributed by atoms with Gasteiger partial charge in [-0.1, -0.05) is 58.7 Å². The first-order valence-corrected chi connectivity index (χ1v) is 8.96. The lowest BCUT2D eigenvalue weighted by Gasteiger charge is -2.17. The molecular formula is C20H20ClN3O3. The maximum atomic E-state index is 12.8. The van der Waals surface area contributed by atoms with E-state index in [1.54, 1.807) is 24.3 Å². The zero-order valence-corrected chi connectivity index (χ0v) is 15.8. The zero-order chi connectivity index (χ0) is 19.4. The van der Waals surface area contributed by atoms with Gasteiger partial charge in [-0.3, -0.25) is 9.59 Å². The first-order valence-electron chi connectivity index (χ1n) is 8.58. The van der Waals surface area contributed by atoms with Crippen molar-refractivity contribution in [3.05, 3.63) is 70.8 Å². The van der Waals surface area contributed by atoms with Gasteiger partial charge in [0.05, 0.1) is 17.2 Å². The van der Waals surface area contributed by atoms with Crippen LogP contribution < -0.4 is 10.6 Å². The standard InChI is InChI=1S/C20H20ClN3O3/c1-12-7-9-14(10-8-12)13(2)22-19(25)15-5-3-4-6-16(15)20(26)23-17-11-27-24-18(17)21/h3-10,13,17H,11H2,1-2H3,(H,22,25)(H,23,26). The minimum absolute atomic E-state index is 0.170. The van der Waals surface area contributed by atoms with Crippen LogP contribution in [0.1, 0.15) is 44.8 Å². The summed E-state index contributed by atoms with van der Waals surface area (Å²) in [5.41, 5.74) is 2.70. The molecular weight excluding hydrogens is 366 g/mol. The van der Waals surface area contributed by atoms with E-state index in [1.165, 1.54) is 0 Å². The summed E-state index contributed by atoms with van der Waals surface area (Å²) < 4.78 is 0. The molecule has 2 atom stereocenters. The lowest BCUT2D eigenvalue weighted by atomic mass is 10.0. The second-order valence-corrected chi connectivity index (χ2v) is 6.77. The number of nitrogens with one attached hydrogen (secondary N) is 2. The van der Waals surface area contributed by atoms with Gasteiger partial charge in [0, 0.05) is 0 Å². The quantitative estimate of drug-likeness (QED) is 0.829. The molecule has 1 aliphatic heterocycles. The fourth-order valence-corrected chi connectivity index (χ4v) is 2.90. The average molecular weight is 386 g/mol. The number of benzene rings is 2. The van der Waals surface area contributed by atoms with E-state index in [4.69, 9.17) is 16.4 Å². The van der Waals surface area contributed by atoms with E-state index in [-0.39, 0.29) is 29.3 Å². The third-order valence-corrected chi connectivity index (χ3v) is 4.66. The molecule has 0 aliphatic carbocycles. The van der Waals surface area contributed by atoms with Crippen molar-refractivity contribution >= 4 is 28.6 Å². The number of aryl methyl sites for hydroxylation is 1. The van der Waals surface area contributed by atoms with Crippen molar-refractivity contribution in [2.75, 3.05) is 6.61 Å². The van der Waals surface area contributed by atoms with E-state index in [0.717, 1.165) is 11.1 Å². The van der Waals surface area contributed by atoms with Gasteiger partial charge >= 0.3 is 0 Å². The van der Waals surface area contributed by atoms with Crippen molar-refractivity contribution in [3.8, 4) is 0 Å². The predicted molar refractivity (Wildman–Crippen MR) is 104 cm³/mol. The van der Waals surface area contributed by atoms with E-state index in [1.807, 2.05) is 38.1 Å². The maximum Gasteiger partial charge on any atom is 0.252 e. The average Bonchev–Trinajstić information content (AvgIpc) is 3.06. The molecule has 2 N–H and O–H groups in total. The first-order chi connectivity index (χ1) is 13.0. The topological polar surface area (TPSA) is 79.8 Å². The molecule has 0 fully saturated rings. The number of hydrogen-bond donors (Lipinski definition) is 2. The molecule has 27 heavy (non-hydrogen) atoms. The highest BCUT2D eigenvalue weighted by Crippen LogP contribution is 2.16. The SMILES string of the molecule is Cc1ccc(C(C)NC(=O)c2ccccc2C(=O)NC2CON=C2Cl)cc1. The number of amides is 2. The Morgan fingerprint density at radius 2 is 1.74 bits per heavy atom. The number of hydrogen-bond acceptors (Lipinski definition) is 4. The fourth-order valence-electron chi connectivity index (χ4n) is 2.74. The van der Waals surface area contributed by atoms with Crippen LogP contribution in [0.15, 0.2) is 53.7 Å². The highest BCUT2D eigenvalue weighted by Gasteiger charge is 2.26. The largest absolute Gasteiger partial charge is 0.392 e. The van der Waals surface area contributed by atoms with Crippen molar-refractivity contribution in [3.63, 3.8) is 0 Å². The third kappa shape index (κ3) is 4.46. The lowest BCUT2D eigenvalue weighted by molar-refractivity contribution is 0.0897. The molecule has 0 spiro atoms. The molecule has 0 saturated carbocycles. The summed E-state index contributed by atoms with van der Waals surface area (Å²) in [6.45, 7) is 4.08. The van der Waals surface area contributed by atoms with Gasteiger partial charge in [0.25, 0.3) is 11.8 Å². The van der Waals surface area contributed by atoms with E-state index < -0.39 is 11.9 Å². The second-order valence-electron chi connectivity index (χ2n) is 6.39. The van der Waals surface area contributed by atoms with Crippen molar-refractivity contribution in [2.24, 2.45) is 5.16 Å². The minimum Gasteiger partial charge on any atom is -0.392 e. The minimum atomic E-state index is -0.512. The molecule has 3 rings (SSSR count). The van der Waals surface area contributed by atoms with E-state index >= 15 is 0 Å². The van der Waals surface area contributed by atoms with Crippen LogP contribution in [-0.2, 0) is 4.84 Å². The summed E-state index contributed by atoms with van der Waals surface area (Å²) in [6.07, 6.45) is 0. The molecule has 7 heteroatoms. The monoisotopic (exact) mass is 385 g/mol. The van der Waals surface area contributed by atoms with Crippen LogP contribution in [0.3, 0.4) is 0 Å². The van der Waals surface area contributed by atoms with Crippen LogP contribution >= 0.6 is 11.6 Å². The summed E-state index contributed by atoms with van der Waals surface area (Å²) in [6, 6.07) is 13.9. The fraction of sp³-hybridized carbons (Fsp3) is 0.250. The van der Waals surface area contributed by atoms with Crippen LogP contribution in [0.25, 0.3) is 0 Å². The van der Waals surface area contributed by atoms with Crippen molar-refractivity contribution in [1.82, 2.24) is 10.6 Å². The molecule has 140 valence electrons. The highest BCUT2D eigenvalue weighted by atomic mass is 35.5. The zero-order valence-electron chi connectivity index (χ0n) is 15.0. The maximum absolute atomic E-state index is 12.8. The Bertz CT molecular complexity index is 880. The van der Waals surface area contributed by atoms with Crippen molar-refractivity contribution < 1.29 is 14.4 Å². The summed E-state index contributed by atoms with van der Waals surface area (Å²) in [7, 11) is 0. The van der Waals surface area contributed by atoms with Gasteiger partial charge in [-0.2, -0.15) is 0 Å². The smallest absolute Gasteiger partial charge is 0.252 e. The Kier molecular flexibility index (Phi) is 5.76. The van der Waals surface area contributed by atoms with Gasteiger partial charge in [-0.05, 0) is 31.5 Å². The number of halogens is 1. The van der Waals surface area contributed by atoms with Crippen LogP contribution in [-0.4, -0.2) is 29.6 Å². The Morgan fingerprint density at radius 1 is 1.11 bits per heavy atom. The van der Waals surface area contributed by atoms with Gasteiger partial charge in [0.1, 0.15) is 12.6 Å². The van der Waals surface area contributed by atoms with Gasteiger partial charge in [-0.15, -0.1) is 0 Å². The molecule has 0 radical (unpaired) electrons. The van der Waals surface area contributed by atoms with E-state index in [9.17, 15) is 9.59 Å². The molecule has 0 bridgehead atoms. The normalized spacial score (nSPS) is 16.9. The molecule has 2 aromatic carbocycles. The Balaban J connectivity index is 1.74. The number of carbonyl (C=O) groups is 2. The molecule has 6 nitrogen and oxygen atoms in total. The van der Waals surface area contributed by atoms with Crippen LogP contribution in [0, 0.1) is 6.92 Å². The van der Waals surface area contributed by atoms with Gasteiger partial charge in [-0.25, -0.2) is 0 Å². The van der Waals surface area contributed by atoms with Crippen molar-refractivity contribution in [1.29, 1.82) is 0 Å². The highest BCUT2D eigenvalue weighted by molar-refractivity contribution is 6.67. The van der Waals surface area contributed by atoms with Crippen LogP contribution in [0.4, 0.5) is 0 Å². The van der Waals surface area contributed by atoms with Gasteiger partial charge in [0.2, 0.25) is 0 Å². The molecule has 2 aromatic rings. The molecule has 0 saturated heterocycles. The Hall–Kier alpha value is -2.86. The number of rotatable bonds is 5. The molecule has 1 aliphatic rings. The molecule has 0 aromatic heterocycles. The summed E-state index contributed by atoms with van der Waals surface area (Å²) >= 11 is 5.89. The van der Waals surface area contributed by atoms with Crippen LogP contribution in [0.2, 0.25) is 0 Å². The summed E-state index contributed by atoms with van der Waals surface area (Å²) in [5, 5.41) is 9.43. The summed E-state index contributed by atoms with van der Waals surface area (Å²) in [4.78, 5) is 30.2. The number of nitrogens with zero attached hydrogens (tertiary/aromatic N) is 1. The third-order valence-electron chi connectivity index (χ3n) is 4.33. The number of oxime groups is 1. The molecule has 1 heterocycles. The lowest BCUT2D eigenvalue weighted by Crippen LogP contribution is -2.40. The number of carbonyl (C=O) groups excluding carboxylic acids is 2. The van der Waals surface area contributed by atoms with Crippen LogP contribution in [0.5, 0.6) is 0 Å². The molecule has 2 amide bonds. The molecule has 2 unspecified atom stereocenters. The van der Waals surface area contributed by atoms with Crippen molar-refractivity contribution in [2.45, 2.75) is 25.9 Å². The summed E-state index contributed by atoms with van der Waals surface area (Å²) in [5.74, 6) is -0.733. The first kappa shape index (κ1) is 18.9. The second kappa shape index (κ2) is 8.22. The Labute approximate surface area is 162 Å². The Morgan fingerprint density at radius 3 is 2.33 bits per heavy atom. The predicted octanol–water partition coefficient (Wildman–Crippen LogP) is 3.17. The van der Waals surface area contributed by atoms with E-state index in [2.05, 4.69) is 15.8 Å².